The Balaban J connectivity index is 2.01. The zero-order valence-electron chi connectivity index (χ0n) is 14.7. The Morgan fingerprint density at radius 2 is 1.77 bits per heavy atom. The van der Waals surface area contributed by atoms with Crippen LogP contribution in [0.4, 0.5) is 5.69 Å². The second-order valence-electron chi connectivity index (χ2n) is 6.37. The third kappa shape index (κ3) is 4.70. The Bertz CT molecular complexity index is 765. The molecule has 1 amide bonds. The SMILES string of the molecule is CC(C)[C@@H](NS(=O)(=O)N1CCN(c2ccc(C#N)cc2)CC1)C(=O)NO. The quantitative estimate of drug-likeness (QED) is 0.472. The van der Waals surface area contributed by atoms with Crippen LogP contribution in [0.1, 0.15) is 19.4 Å². The van der Waals surface area contributed by atoms with E-state index < -0.39 is 22.2 Å². The number of nitrogens with one attached hydrogen (secondary N) is 2. The normalized spacial score (nSPS) is 17.0. The second-order valence-corrected chi connectivity index (χ2v) is 8.07. The van der Waals surface area contributed by atoms with Gasteiger partial charge in [-0.05, 0) is 30.2 Å². The van der Waals surface area contributed by atoms with Gasteiger partial charge in [-0.2, -0.15) is 22.7 Å². The van der Waals surface area contributed by atoms with E-state index in [1.54, 1.807) is 26.0 Å². The molecule has 26 heavy (non-hydrogen) atoms. The van der Waals surface area contributed by atoms with E-state index in [1.165, 1.54) is 9.79 Å². The van der Waals surface area contributed by atoms with Crippen LogP contribution < -0.4 is 15.1 Å². The first-order chi connectivity index (χ1) is 12.3. The first-order valence-electron chi connectivity index (χ1n) is 8.25. The number of amides is 1. The average molecular weight is 381 g/mol. The molecular weight excluding hydrogens is 358 g/mol. The summed E-state index contributed by atoms with van der Waals surface area (Å²) in [6, 6.07) is 8.12. The molecule has 1 aliphatic heterocycles. The maximum atomic E-state index is 12.5. The molecule has 1 saturated heterocycles. The van der Waals surface area contributed by atoms with E-state index >= 15 is 0 Å². The monoisotopic (exact) mass is 381 g/mol. The van der Waals surface area contributed by atoms with Crippen LogP contribution in [-0.2, 0) is 15.0 Å². The van der Waals surface area contributed by atoms with Crippen LogP contribution in [0.5, 0.6) is 0 Å². The van der Waals surface area contributed by atoms with Crippen LogP contribution in [0.15, 0.2) is 24.3 Å². The molecule has 10 heteroatoms. The molecule has 0 radical (unpaired) electrons. The first-order valence-corrected chi connectivity index (χ1v) is 9.69. The average Bonchev–Trinajstić information content (AvgIpc) is 2.65. The molecule has 0 aromatic heterocycles. The van der Waals surface area contributed by atoms with Crippen LogP contribution in [0.2, 0.25) is 0 Å². The molecule has 0 spiro atoms. The van der Waals surface area contributed by atoms with E-state index in [-0.39, 0.29) is 19.0 Å². The predicted molar refractivity (Wildman–Crippen MR) is 95.6 cm³/mol. The lowest BCUT2D eigenvalue weighted by atomic mass is 10.1. The molecule has 0 bridgehead atoms. The largest absolute Gasteiger partial charge is 0.369 e. The van der Waals surface area contributed by atoms with Crippen LogP contribution >= 0.6 is 0 Å². The molecule has 1 fully saturated rings. The van der Waals surface area contributed by atoms with Gasteiger partial charge >= 0.3 is 0 Å². The third-order valence-corrected chi connectivity index (χ3v) is 5.87. The maximum Gasteiger partial charge on any atom is 0.280 e. The van der Waals surface area contributed by atoms with Crippen molar-refractivity contribution in [2.24, 2.45) is 5.92 Å². The van der Waals surface area contributed by atoms with Gasteiger partial charge in [0.05, 0.1) is 11.6 Å². The highest BCUT2D eigenvalue weighted by Gasteiger charge is 2.32. The molecular formula is C16H23N5O4S. The number of rotatable bonds is 6. The van der Waals surface area contributed by atoms with Gasteiger partial charge in [-0.15, -0.1) is 0 Å². The van der Waals surface area contributed by atoms with Gasteiger partial charge in [-0.25, -0.2) is 5.48 Å². The highest BCUT2D eigenvalue weighted by atomic mass is 32.2. The van der Waals surface area contributed by atoms with E-state index in [0.717, 1.165) is 5.69 Å². The van der Waals surface area contributed by atoms with Gasteiger partial charge in [0.1, 0.15) is 6.04 Å². The lowest BCUT2D eigenvalue weighted by molar-refractivity contribution is -0.131. The van der Waals surface area contributed by atoms with Crippen molar-refractivity contribution in [3.8, 4) is 6.07 Å². The molecule has 0 aliphatic carbocycles. The highest BCUT2D eigenvalue weighted by Crippen LogP contribution is 2.18. The summed E-state index contributed by atoms with van der Waals surface area (Å²) < 4.78 is 28.7. The lowest BCUT2D eigenvalue weighted by Gasteiger charge is -2.36. The van der Waals surface area contributed by atoms with E-state index in [4.69, 9.17) is 10.5 Å². The van der Waals surface area contributed by atoms with Crippen molar-refractivity contribution in [3.63, 3.8) is 0 Å². The Kier molecular flexibility index (Phi) is 6.55. The van der Waals surface area contributed by atoms with Crippen LogP contribution in [0.3, 0.4) is 0 Å². The zero-order valence-corrected chi connectivity index (χ0v) is 15.5. The molecule has 142 valence electrons. The summed E-state index contributed by atoms with van der Waals surface area (Å²) in [5.41, 5.74) is 2.99. The summed E-state index contributed by atoms with van der Waals surface area (Å²) in [6.45, 7) is 4.88. The molecule has 1 aliphatic rings. The van der Waals surface area contributed by atoms with Crippen LogP contribution in [-0.4, -0.2) is 56.1 Å². The van der Waals surface area contributed by atoms with Crippen molar-refractivity contribution in [3.05, 3.63) is 29.8 Å². The fourth-order valence-corrected chi connectivity index (χ4v) is 4.22. The fraction of sp³-hybridized carbons (Fsp3) is 0.500. The molecule has 3 N–H and O–H groups in total. The van der Waals surface area contributed by atoms with Crippen molar-refractivity contribution < 1.29 is 18.4 Å². The number of hydrogen-bond acceptors (Lipinski definition) is 6. The van der Waals surface area contributed by atoms with Gasteiger partial charge in [0.2, 0.25) is 0 Å². The number of anilines is 1. The minimum atomic E-state index is -3.86. The Morgan fingerprint density at radius 1 is 1.19 bits per heavy atom. The summed E-state index contributed by atoms with van der Waals surface area (Å²) in [4.78, 5) is 13.7. The second kappa shape index (κ2) is 8.46. The number of hydroxylamine groups is 1. The summed E-state index contributed by atoms with van der Waals surface area (Å²) >= 11 is 0. The van der Waals surface area contributed by atoms with Gasteiger partial charge in [-0.3, -0.25) is 10.0 Å². The van der Waals surface area contributed by atoms with Crippen molar-refractivity contribution in [1.82, 2.24) is 14.5 Å². The van der Waals surface area contributed by atoms with E-state index in [0.29, 0.717) is 18.7 Å². The van der Waals surface area contributed by atoms with Gasteiger partial charge in [0, 0.05) is 31.9 Å². The number of carbonyl (C=O) groups is 1. The highest BCUT2D eigenvalue weighted by molar-refractivity contribution is 7.87. The Hall–Kier alpha value is -2.19. The minimum Gasteiger partial charge on any atom is -0.369 e. The van der Waals surface area contributed by atoms with E-state index in [1.807, 2.05) is 17.0 Å². The molecule has 1 aromatic carbocycles. The van der Waals surface area contributed by atoms with E-state index in [9.17, 15) is 13.2 Å². The summed E-state index contributed by atoms with van der Waals surface area (Å²) in [6.07, 6.45) is 0. The first kappa shape index (κ1) is 20.1. The molecule has 2 rings (SSSR count). The van der Waals surface area contributed by atoms with Crippen LogP contribution in [0, 0.1) is 17.2 Å². The summed E-state index contributed by atoms with van der Waals surface area (Å²) in [5.74, 6) is -1.11. The van der Waals surface area contributed by atoms with Crippen molar-refractivity contribution >= 4 is 21.8 Å². The number of piperazine rings is 1. The number of hydrogen-bond donors (Lipinski definition) is 3. The van der Waals surface area contributed by atoms with Gasteiger partial charge in [-0.1, -0.05) is 13.8 Å². The number of carbonyl (C=O) groups excluding carboxylic acids is 1. The molecule has 1 heterocycles. The van der Waals surface area contributed by atoms with Gasteiger partial charge in [0.15, 0.2) is 0 Å². The van der Waals surface area contributed by atoms with Crippen molar-refractivity contribution in [2.75, 3.05) is 31.1 Å². The lowest BCUT2D eigenvalue weighted by Crippen LogP contribution is -2.57. The topological polar surface area (TPSA) is 126 Å². The summed E-state index contributed by atoms with van der Waals surface area (Å²) in [7, 11) is -3.86. The van der Waals surface area contributed by atoms with Crippen molar-refractivity contribution in [2.45, 2.75) is 19.9 Å². The summed E-state index contributed by atoms with van der Waals surface area (Å²) in [5, 5.41) is 17.6. The van der Waals surface area contributed by atoms with Gasteiger partial charge < -0.3 is 4.90 Å². The minimum absolute atomic E-state index is 0.265. The molecule has 1 aromatic rings. The number of benzene rings is 1. The fourth-order valence-electron chi connectivity index (χ4n) is 2.73. The zero-order chi connectivity index (χ0) is 19.3. The smallest absolute Gasteiger partial charge is 0.280 e. The maximum absolute atomic E-state index is 12.5. The predicted octanol–water partition coefficient (Wildman–Crippen LogP) is 0.0447. The number of nitrogens with zero attached hydrogens (tertiary/aromatic N) is 3. The Labute approximate surface area is 153 Å². The molecule has 0 unspecified atom stereocenters. The molecule has 9 nitrogen and oxygen atoms in total. The van der Waals surface area contributed by atoms with Gasteiger partial charge in [0.25, 0.3) is 16.1 Å². The van der Waals surface area contributed by atoms with Crippen molar-refractivity contribution in [1.29, 1.82) is 5.26 Å². The Morgan fingerprint density at radius 3 is 2.23 bits per heavy atom. The molecule has 0 saturated carbocycles. The number of nitriles is 1. The molecule has 1 atom stereocenters. The third-order valence-electron chi connectivity index (χ3n) is 4.28. The van der Waals surface area contributed by atoms with Crippen LogP contribution in [0.25, 0.3) is 0 Å². The van der Waals surface area contributed by atoms with E-state index in [2.05, 4.69) is 10.8 Å². The standard InChI is InChI=1S/C16H23N5O4S/c1-12(2)15(16(22)18-23)19-26(24,25)21-9-7-20(8-10-21)14-5-3-13(11-17)4-6-14/h3-6,12,15,19,23H,7-10H2,1-2H3,(H,18,22)/t15-/m1/s1.